The van der Waals surface area contributed by atoms with Crippen LogP contribution >= 0.6 is 24.0 Å². The van der Waals surface area contributed by atoms with E-state index >= 15 is 0 Å². The highest BCUT2D eigenvalue weighted by atomic mass is 127. The van der Waals surface area contributed by atoms with Gasteiger partial charge in [-0.15, -0.1) is 30.6 Å². The quantitative estimate of drug-likeness (QED) is 0.304. The SMILES string of the molecule is C=CCNC(=NCC(=O)N(C)C)NCc1oc2ccccc2c1C.I. The van der Waals surface area contributed by atoms with E-state index in [2.05, 4.69) is 22.2 Å². The van der Waals surface area contributed by atoms with Crippen molar-refractivity contribution in [3.8, 4) is 0 Å². The molecule has 0 saturated heterocycles. The van der Waals surface area contributed by atoms with Crippen LogP contribution in [0.2, 0.25) is 0 Å². The molecule has 25 heavy (non-hydrogen) atoms. The molecule has 0 bridgehead atoms. The summed E-state index contributed by atoms with van der Waals surface area (Å²) >= 11 is 0. The van der Waals surface area contributed by atoms with Gasteiger partial charge in [0.25, 0.3) is 0 Å². The van der Waals surface area contributed by atoms with Gasteiger partial charge < -0.3 is 20.0 Å². The molecule has 0 aliphatic rings. The molecule has 0 aliphatic heterocycles. The van der Waals surface area contributed by atoms with Gasteiger partial charge in [0.1, 0.15) is 17.9 Å². The topological polar surface area (TPSA) is 69.9 Å². The average Bonchev–Trinajstić information content (AvgIpc) is 2.90. The van der Waals surface area contributed by atoms with Gasteiger partial charge in [-0.25, -0.2) is 4.99 Å². The van der Waals surface area contributed by atoms with E-state index in [0.29, 0.717) is 19.0 Å². The zero-order valence-electron chi connectivity index (χ0n) is 14.8. The Morgan fingerprint density at radius 3 is 2.68 bits per heavy atom. The minimum Gasteiger partial charge on any atom is -0.459 e. The van der Waals surface area contributed by atoms with Gasteiger partial charge in [0.15, 0.2) is 5.96 Å². The molecule has 6 nitrogen and oxygen atoms in total. The first-order valence-corrected chi connectivity index (χ1v) is 7.83. The van der Waals surface area contributed by atoms with Gasteiger partial charge in [-0.05, 0) is 13.0 Å². The summed E-state index contributed by atoms with van der Waals surface area (Å²) in [5, 5.41) is 7.40. The zero-order chi connectivity index (χ0) is 17.5. The lowest BCUT2D eigenvalue weighted by Crippen LogP contribution is -2.38. The Bertz CT molecular complexity index is 753. The number of rotatable bonds is 6. The molecule has 2 N–H and O–H groups in total. The van der Waals surface area contributed by atoms with E-state index in [4.69, 9.17) is 4.42 Å². The maximum atomic E-state index is 11.7. The van der Waals surface area contributed by atoms with Gasteiger partial charge in [0.05, 0.1) is 6.54 Å². The van der Waals surface area contributed by atoms with E-state index in [0.717, 1.165) is 22.3 Å². The highest BCUT2D eigenvalue weighted by molar-refractivity contribution is 14.0. The Balaban J connectivity index is 0.00000312. The Morgan fingerprint density at radius 1 is 1.32 bits per heavy atom. The molecule has 0 atom stereocenters. The van der Waals surface area contributed by atoms with Crippen LogP contribution in [-0.4, -0.2) is 44.0 Å². The highest BCUT2D eigenvalue weighted by Gasteiger charge is 2.10. The minimum absolute atomic E-state index is 0. The molecule has 0 aliphatic carbocycles. The van der Waals surface area contributed by atoms with Crippen molar-refractivity contribution in [2.45, 2.75) is 13.5 Å². The predicted molar refractivity (Wildman–Crippen MR) is 112 cm³/mol. The van der Waals surface area contributed by atoms with Crippen molar-refractivity contribution in [3.63, 3.8) is 0 Å². The van der Waals surface area contributed by atoms with Gasteiger partial charge in [0, 0.05) is 31.6 Å². The number of benzene rings is 1. The standard InChI is InChI=1S/C18H24N4O2.HI/c1-5-10-19-18(21-12-17(23)22(3)4)20-11-16-13(2)14-8-6-7-9-15(14)24-16;/h5-9H,1,10-12H2,2-4H3,(H2,19,20,21);1H. The van der Waals surface area contributed by atoms with E-state index in [-0.39, 0.29) is 36.4 Å². The summed E-state index contributed by atoms with van der Waals surface area (Å²) < 4.78 is 5.88. The number of halogens is 1. The van der Waals surface area contributed by atoms with Crippen molar-refractivity contribution in [2.24, 2.45) is 4.99 Å². The lowest BCUT2D eigenvalue weighted by Gasteiger charge is -2.12. The number of nitrogens with one attached hydrogen (secondary N) is 2. The molecular weight excluding hydrogens is 431 g/mol. The van der Waals surface area contributed by atoms with Gasteiger partial charge in [-0.3, -0.25) is 4.79 Å². The average molecular weight is 456 g/mol. The fourth-order valence-corrected chi connectivity index (χ4v) is 2.19. The fraction of sp³-hybridized carbons (Fsp3) is 0.333. The first kappa shape index (κ1) is 21.0. The number of para-hydroxylation sites is 1. The van der Waals surface area contributed by atoms with Crippen LogP contribution in [0, 0.1) is 6.92 Å². The zero-order valence-corrected chi connectivity index (χ0v) is 17.2. The smallest absolute Gasteiger partial charge is 0.243 e. The molecule has 1 aromatic carbocycles. The van der Waals surface area contributed by atoms with Crippen molar-refractivity contribution in [1.29, 1.82) is 0 Å². The second-order valence-electron chi connectivity index (χ2n) is 5.62. The first-order chi connectivity index (χ1) is 11.5. The Hall–Kier alpha value is -2.03. The van der Waals surface area contributed by atoms with E-state index in [1.807, 2.05) is 31.2 Å². The molecule has 1 aromatic heterocycles. The normalized spacial score (nSPS) is 10.9. The van der Waals surface area contributed by atoms with Gasteiger partial charge in [-0.2, -0.15) is 0 Å². The number of furan rings is 1. The van der Waals surface area contributed by atoms with Crippen molar-refractivity contribution in [1.82, 2.24) is 15.5 Å². The second kappa shape index (κ2) is 10.1. The van der Waals surface area contributed by atoms with Crippen LogP contribution in [0.25, 0.3) is 11.0 Å². The third kappa shape index (κ3) is 5.77. The number of fused-ring (bicyclic) bond motifs is 1. The van der Waals surface area contributed by atoms with Crippen LogP contribution in [0.3, 0.4) is 0 Å². The molecule has 0 radical (unpaired) electrons. The number of aryl methyl sites for hydroxylation is 1. The number of amides is 1. The molecule has 1 amide bonds. The molecule has 0 spiro atoms. The van der Waals surface area contributed by atoms with Gasteiger partial charge in [-0.1, -0.05) is 24.3 Å². The van der Waals surface area contributed by atoms with Crippen LogP contribution in [-0.2, 0) is 11.3 Å². The highest BCUT2D eigenvalue weighted by Crippen LogP contribution is 2.24. The van der Waals surface area contributed by atoms with Crippen molar-refractivity contribution >= 4 is 46.8 Å². The van der Waals surface area contributed by atoms with Crippen molar-refractivity contribution < 1.29 is 9.21 Å². The number of nitrogens with zero attached hydrogens (tertiary/aromatic N) is 2. The molecule has 2 aromatic rings. The molecular formula is C18H25IN4O2. The molecule has 136 valence electrons. The third-order valence-electron chi connectivity index (χ3n) is 3.64. The fourth-order valence-electron chi connectivity index (χ4n) is 2.19. The monoisotopic (exact) mass is 456 g/mol. The lowest BCUT2D eigenvalue weighted by atomic mass is 10.1. The first-order valence-electron chi connectivity index (χ1n) is 7.83. The van der Waals surface area contributed by atoms with Crippen LogP contribution in [0.1, 0.15) is 11.3 Å². The maximum absolute atomic E-state index is 11.7. The van der Waals surface area contributed by atoms with Gasteiger partial charge in [0.2, 0.25) is 5.91 Å². The van der Waals surface area contributed by atoms with Crippen LogP contribution in [0.4, 0.5) is 0 Å². The summed E-state index contributed by atoms with van der Waals surface area (Å²) in [6.45, 7) is 6.84. The summed E-state index contributed by atoms with van der Waals surface area (Å²) in [4.78, 5) is 17.5. The van der Waals surface area contributed by atoms with E-state index in [1.165, 1.54) is 4.90 Å². The second-order valence-corrected chi connectivity index (χ2v) is 5.62. The van der Waals surface area contributed by atoms with Crippen molar-refractivity contribution in [3.05, 3.63) is 48.2 Å². The number of hydrogen-bond acceptors (Lipinski definition) is 3. The molecule has 7 heteroatoms. The number of hydrogen-bond donors (Lipinski definition) is 2. The molecule has 1 heterocycles. The van der Waals surface area contributed by atoms with Crippen LogP contribution in [0.5, 0.6) is 0 Å². The van der Waals surface area contributed by atoms with E-state index in [9.17, 15) is 4.79 Å². The summed E-state index contributed by atoms with van der Waals surface area (Å²) in [7, 11) is 3.42. The summed E-state index contributed by atoms with van der Waals surface area (Å²) in [5.74, 6) is 1.34. The lowest BCUT2D eigenvalue weighted by molar-refractivity contribution is -0.127. The largest absolute Gasteiger partial charge is 0.459 e. The molecule has 0 fully saturated rings. The summed E-state index contributed by atoms with van der Waals surface area (Å²) in [6, 6.07) is 7.94. The number of likely N-dealkylation sites (N-methyl/N-ethyl adjacent to an activating group) is 1. The number of carbonyl (C=O) groups excluding carboxylic acids is 1. The van der Waals surface area contributed by atoms with E-state index in [1.54, 1.807) is 20.2 Å². The molecule has 0 saturated carbocycles. The predicted octanol–water partition coefficient (Wildman–Crippen LogP) is 2.67. The molecule has 0 unspecified atom stereocenters. The van der Waals surface area contributed by atoms with Crippen LogP contribution < -0.4 is 10.6 Å². The number of aliphatic imine (C=N–C) groups is 1. The Kier molecular flexibility index (Phi) is 8.47. The minimum atomic E-state index is -0.0605. The van der Waals surface area contributed by atoms with Crippen molar-refractivity contribution in [2.75, 3.05) is 27.2 Å². The van der Waals surface area contributed by atoms with Gasteiger partial charge >= 0.3 is 0 Å². The number of guanidine groups is 1. The summed E-state index contributed by atoms with van der Waals surface area (Å²) in [6.07, 6.45) is 1.73. The van der Waals surface area contributed by atoms with E-state index < -0.39 is 0 Å². The Morgan fingerprint density at radius 2 is 2.04 bits per heavy atom. The number of carbonyl (C=O) groups is 1. The Labute approximate surface area is 165 Å². The summed E-state index contributed by atoms with van der Waals surface area (Å²) in [5.41, 5.74) is 1.97. The third-order valence-corrected chi connectivity index (χ3v) is 3.64. The molecule has 2 rings (SSSR count). The van der Waals surface area contributed by atoms with Crippen LogP contribution in [0.15, 0.2) is 46.3 Å². The maximum Gasteiger partial charge on any atom is 0.243 e.